The molecule has 3 heteroatoms. The number of hydrogen-bond donors (Lipinski definition) is 1. The van der Waals surface area contributed by atoms with Crippen LogP contribution in [0.4, 0.5) is 0 Å². The summed E-state index contributed by atoms with van der Waals surface area (Å²) in [5.74, 6) is -0.223. The molecule has 0 saturated carbocycles. The van der Waals surface area contributed by atoms with Crippen molar-refractivity contribution in [2.24, 2.45) is 0 Å². The molecule has 1 N–H and O–H groups in total. The van der Waals surface area contributed by atoms with Crippen LogP contribution in [0.25, 0.3) is 0 Å². The average Bonchev–Trinajstić information content (AvgIpc) is 2.75. The van der Waals surface area contributed by atoms with Gasteiger partial charge in [0, 0.05) is 0 Å². The van der Waals surface area contributed by atoms with Crippen LogP contribution in [-0.4, -0.2) is 10.9 Å². The van der Waals surface area contributed by atoms with Gasteiger partial charge in [0.2, 0.25) is 5.78 Å². The predicted molar refractivity (Wildman–Crippen MR) is 64.8 cm³/mol. The number of hydrogen-bond acceptors (Lipinski definition) is 3. The van der Waals surface area contributed by atoms with Crippen molar-refractivity contribution in [1.29, 1.82) is 0 Å². The first kappa shape index (κ1) is 11.0. The summed E-state index contributed by atoms with van der Waals surface area (Å²) in [6.07, 6.45) is -1.06. The second kappa shape index (κ2) is 4.60. The highest BCUT2D eigenvalue weighted by Gasteiger charge is 2.21. The number of Topliss-reactive ketones (excluding diaryl/α,β-unsaturated/α-hetero) is 1. The van der Waals surface area contributed by atoms with Crippen molar-refractivity contribution < 1.29 is 9.90 Å². The van der Waals surface area contributed by atoms with E-state index in [0.717, 1.165) is 5.56 Å². The average molecular weight is 232 g/mol. The van der Waals surface area contributed by atoms with Gasteiger partial charge in [-0.05, 0) is 29.5 Å². The third-order valence-electron chi connectivity index (χ3n) is 2.45. The first-order valence-electron chi connectivity index (χ1n) is 5.01. The van der Waals surface area contributed by atoms with Crippen molar-refractivity contribution in [2.75, 3.05) is 0 Å². The van der Waals surface area contributed by atoms with E-state index in [9.17, 15) is 9.90 Å². The van der Waals surface area contributed by atoms with Crippen LogP contribution in [0.1, 0.15) is 26.9 Å². The molecule has 16 heavy (non-hydrogen) atoms. The summed E-state index contributed by atoms with van der Waals surface area (Å²) >= 11 is 1.37. The lowest BCUT2D eigenvalue weighted by atomic mass is 10.0. The standard InChI is InChI=1S/C13H12O2S/c1-9-7-8-16-13(9)12(15)11(14)10-5-3-2-4-6-10/h2-8,11,14H,1H3. The van der Waals surface area contributed by atoms with Crippen LogP contribution >= 0.6 is 11.3 Å². The van der Waals surface area contributed by atoms with Crippen molar-refractivity contribution in [3.8, 4) is 0 Å². The lowest BCUT2D eigenvalue weighted by Gasteiger charge is -2.08. The molecule has 2 nitrogen and oxygen atoms in total. The van der Waals surface area contributed by atoms with Crippen molar-refractivity contribution >= 4 is 17.1 Å². The minimum Gasteiger partial charge on any atom is -0.380 e. The smallest absolute Gasteiger partial charge is 0.205 e. The Bertz CT molecular complexity index is 488. The van der Waals surface area contributed by atoms with E-state index in [-0.39, 0.29) is 5.78 Å². The maximum Gasteiger partial charge on any atom is 0.205 e. The summed E-state index contributed by atoms with van der Waals surface area (Å²) in [7, 11) is 0. The van der Waals surface area contributed by atoms with E-state index in [1.807, 2.05) is 36.6 Å². The Morgan fingerprint density at radius 3 is 2.50 bits per heavy atom. The Balaban J connectivity index is 2.27. The van der Waals surface area contributed by atoms with E-state index in [1.165, 1.54) is 11.3 Å². The number of thiophene rings is 1. The topological polar surface area (TPSA) is 37.3 Å². The summed E-state index contributed by atoms with van der Waals surface area (Å²) in [6, 6.07) is 10.9. The Labute approximate surface area is 98.2 Å². The van der Waals surface area contributed by atoms with E-state index in [1.54, 1.807) is 12.1 Å². The summed E-state index contributed by atoms with van der Waals surface area (Å²) in [5.41, 5.74) is 1.56. The van der Waals surface area contributed by atoms with Gasteiger partial charge >= 0.3 is 0 Å². The molecule has 0 aliphatic carbocycles. The molecule has 0 radical (unpaired) electrons. The van der Waals surface area contributed by atoms with E-state index in [2.05, 4.69) is 0 Å². The van der Waals surface area contributed by atoms with E-state index in [4.69, 9.17) is 0 Å². The van der Waals surface area contributed by atoms with Crippen molar-refractivity contribution in [3.63, 3.8) is 0 Å². The molecule has 1 aromatic heterocycles. The zero-order chi connectivity index (χ0) is 11.5. The van der Waals surface area contributed by atoms with Gasteiger partial charge in [-0.3, -0.25) is 4.79 Å². The van der Waals surface area contributed by atoms with E-state index >= 15 is 0 Å². The Hall–Kier alpha value is -1.45. The minimum absolute atomic E-state index is 0.223. The molecule has 1 atom stereocenters. The van der Waals surface area contributed by atoms with Gasteiger partial charge in [-0.1, -0.05) is 30.3 Å². The fraction of sp³-hybridized carbons (Fsp3) is 0.154. The van der Waals surface area contributed by atoms with Gasteiger partial charge in [0.15, 0.2) is 0 Å². The highest BCUT2D eigenvalue weighted by atomic mass is 32.1. The van der Waals surface area contributed by atoms with Crippen molar-refractivity contribution in [2.45, 2.75) is 13.0 Å². The van der Waals surface area contributed by atoms with Crippen molar-refractivity contribution in [1.82, 2.24) is 0 Å². The zero-order valence-corrected chi connectivity index (χ0v) is 9.70. The van der Waals surface area contributed by atoms with Gasteiger partial charge < -0.3 is 5.11 Å². The van der Waals surface area contributed by atoms with Crippen LogP contribution in [0.15, 0.2) is 41.8 Å². The van der Waals surface area contributed by atoms with Gasteiger partial charge in [0.05, 0.1) is 4.88 Å². The maximum atomic E-state index is 12.0. The van der Waals surface area contributed by atoms with Gasteiger partial charge in [-0.2, -0.15) is 0 Å². The molecule has 2 rings (SSSR count). The molecule has 0 bridgehead atoms. The minimum atomic E-state index is -1.06. The second-order valence-electron chi connectivity index (χ2n) is 3.61. The molecule has 0 amide bonds. The van der Waals surface area contributed by atoms with Crippen LogP contribution in [0.5, 0.6) is 0 Å². The van der Waals surface area contributed by atoms with Crippen molar-refractivity contribution in [3.05, 3.63) is 57.8 Å². The number of aryl methyl sites for hydroxylation is 1. The predicted octanol–water partition coefficient (Wildman–Crippen LogP) is 2.97. The third kappa shape index (κ3) is 2.05. The van der Waals surface area contributed by atoms with Crippen LogP contribution in [0.2, 0.25) is 0 Å². The molecule has 0 aliphatic heterocycles. The van der Waals surface area contributed by atoms with Crippen LogP contribution in [0.3, 0.4) is 0 Å². The molecule has 0 saturated heterocycles. The third-order valence-corrected chi connectivity index (χ3v) is 3.48. The number of aliphatic hydroxyl groups is 1. The van der Waals surface area contributed by atoms with E-state index < -0.39 is 6.10 Å². The maximum absolute atomic E-state index is 12.0. The molecular formula is C13H12O2S. The summed E-state index contributed by atoms with van der Waals surface area (Å²) in [5, 5.41) is 11.8. The van der Waals surface area contributed by atoms with Gasteiger partial charge in [-0.15, -0.1) is 11.3 Å². The second-order valence-corrected chi connectivity index (χ2v) is 4.53. The molecule has 0 fully saturated rings. The fourth-order valence-electron chi connectivity index (χ4n) is 1.54. The lowest BCUT2D eigenvalue weighted by Crippen LogP contribution is -2.11. The van der Waals surface area contributed by atoms with E-state index in [0.29, 0.717) is 10.4 Å². The van der Waals surface area contributed by atoms with Crippen LogP contribution in [-0.2, 0) is 0 Å². The molecular weight excluding hydrogens is 220 g/mol. The van der Waals surface area contributed by atoms with Gasteiger partial charge in [-0.25, -0.2) is 0 Å². The lowest BCUT2D eigenvalue weighted by molar-refractivity contribution is 0.0751. The molecule has 1 aromatic carbocycles. The number of carbonyl (C=O) groups is 1. The largest absolute Gasteiger partial charge is 0.380 e. The highest BCUT2D eigenvalue weighted by Crippen LogP contribution is 2.24. The highest BCUT2D eigenvalue weighted by molar-refractivity contribution is 7.12. The quantitative estimate of drug-likeness (QED) is 0.826. The summed E-state index contributed by atoms with van der Waals surface area (Å²) in [6.45, 7) is 1.88. The molecule has 0 spiro atoms. The first-order chi connectivity index (χ1) is 7.70. The first-order valence-corrected chi connectivity index (χ1v) is 5.89. The van der Waals surface area contributed by atoms with Crippen LogP contribution in [0, 0.1) is 6.92 Å². The fourth-order valence-corrected chi connectivity index (χ4v) is 2.43. The number of ketones is 1. The molecule has 82 valence electrons. The molecule has 0 aliphatic rings. The number of rotatable bonds is 3. The Morgan fingerprint density at radius 1 is 1.25 bits per heavy atom. The SMILES string of the molecule is Cc1ccsc1C(=O)C(O)c1ccccc1. The Morgan fingerprint density at radius 2 is 1.94 bits per heavy atom. The van der Waals surface area contributed by atoms with Gasteiger partial charge in [0.25, 0.3) is 0 Å². The molecule has 1 unspecified atom stereocenters. The number of benzene rings is 1. The number of carbonyl (C=O) groups excluding carboxylic acids is 1. The number of aliphatic hydroxyl groups excluding tert-OH is 1. The summed E-state index contributed by atoms with van der Waals surface area (Å²) < 4.78 is 0. The molecule has 1 heterocycles. The summed E-state index contributed by atoms with van der Waals surface area (Å²) in [4.78, 5) is 12.6. The normalized spacial score (nSPS) is 12.4. The van der Waals surface area contributed by atoms with Crippen LogP contribution < -0.4 is 0 Å². The molecule has 2 aromatic rings. The Kier molecular flexibility index (Phi) is 3.17. The zero-order valence-electron chi connectivity index (χ0n) is 8.88. The van der Waals surface area contributed by atoms with Gasteiger partial charge in [0.1, 0.15) is 6.10 Å². The monoisotopic (exact) mass is 232 g/mol.